The van der Waals surface area contributed by atoms with Gasteiger partial charge in [0.05, 0.1) is 6.61 Å². The first-order chi connectivity index (χ1) is 9.56. The van der Waals surface area contributed by atoms with Crippen molar-refractivity contribution in [3.05, 3.63) is 24.3 Å². The molecule has 112 valence electrons. The van der Waals surface area contributed by atoms with Crippen molar-refractivity contribution in [3.8, 4) is 5.75 Å². The van der Waals surface area contributed by atoms with Crippen LogP contribution in [0.25, 0.3) is 0 Å². The van der Waals surface area contributed by atoms with E-state index in [9.17, 15) is 15.3 Å². The molecule has 1 aromatic carbocycles. The maximum Gasteiger partial charge on any atom is 0.229 e. The number of anilines is 1. The summed E-state index contributed by atoms with van der Waals surface area (Å²) in [6.45, 7) is -0.357. The van der Waals surface area contributed by atoms with Gasteiger partial charge in [-0.05, 0) is 24.3 Å². The zero-order valence-electron chi connectivity index (χ0n) is 11.0. The molecule has 1 fully saturated rings. The van der Waals surface area contributed by atoms with Crippen LogP contribution >= 0.6 is 0 Å². The molecule has 7 nitrogen and oxygen atoms in total. The van der Waals surface area contributed by atoms with Crippen LogP contribution in [0.5, 0.6) is 5.75 Å². The number of nitrogen functional groups attached to an aromatic ring is 1. The Morgan fingerprint density at radius 1 is 1.20 bits per heavy atom. The van der Waals surface area contributed by atoms with Crippen molar-refractivity contribution in [2.24, 2.45) is 0 Å². The van der Waals surface area contributed by atoms with Crippen LogP contribution in [0.1, 0.15) is 0 Å². The van der Waals surface area contributed by atoms with Crippen molar-refractivity contribution in [2.45, 2.75) is 30.7 Å². The van der Waals surface area contributed by atoms with Gasteiger partial charge in [-0.3, -0.25) is 0 Å². The van der Waals surface area contributed by atoms with Crippen LogP contribution < -0.4 is 10.5 Å². The SMILES string of the molecule is CO[C@@H]1[C@H](O)[C@@H](O)[C@H](Oc2ccc(N)cc2)O[C@@H]1CO. The lowest BCUT2D eigenvalue weighted by Gasteiger charge is -2.41. The van der Waals surface area contributed by atoms with Gasteiger partial charge < -0.3 is 35.3 Å². The van der Waals surface area contributed by atoms with Crippen molar-refractivity contribution >= 4 is 5.69 Å². The molecule has 0 amide bonds. The molecule has 1 heterocycles. The van der Waals surface area contributed by atoms with E-state index >= 15 is 0 Å². The van der Waals surface area contributed by atoms with Crippen LogP contribution in [0.15, 0.2) is 24.3 Å². The molecular weight excluding hydrogens is 266 g/mol. The molecule has 0 aliphatic carbocycles. The van der Waals surface area contributed by atoms with Gasteiger partial charge in [0.1, 0.15) is 30.2 Å². The molecule has 0 bridgehead atoms. The number of ether oxygens (including phenoxy) is 3. The highest BCUT2D eigenvalue weighted by Crippen LogP contribution is 2.26. The third kappa shape index (κ3) is 3.02. The van der Waals surface area contributed by atoms with Gasteiger partial charge in [0, 0.05) is 12.8 Å². The molecular formula is C13H19NO6. The minimum absolute atomic E-state index is 0.357. The predicted molar refractivity (Wildman–Crippen MR) is 70.0 cm³/mol. The summed E-state index contributed by atoms with van der Waals surface area (Å²) in [5, 5.41) is 29.2. The third-order valence-corrected chi connectivity index (χ3v) is 3.23. The first-order valence-electron chi connectivity index (χ1n) is 6.24. The van der Waals surface area contributed by atoms with Gasteiger partial charge in [-0.25, -0.2) is 0 Å². The number of aliphatic hydroxyl groups is 3. The molecule has 5 N–H and O–H groups in total. The second-order valence-electron chi connectivity index (χ2n) is 4.59. The number of methoxy groups -OCH3 is 1. The Morgan fingerprint density at radius 3 is 2.40 bits per heavy atom. The zero-order valence-corrected chi connectivity index (χ0v) is 11.0. The number of hydrogen-bond acceptors (Lipinski definition) is 7. The number of hydrogen-bond donors (Lipinski definition) is 4. The second-order valence-corrected chi connectivity index (χ2v) is 4.59. The van der Waals surface area contributed by atoms with Crippen LogP contribution in [0.3, 0.4) is 0 Å². The molecule has 0 unspecified atom stereocenters. The minimum atomic E-state index is -1.29. The van der Waals surface area contributed by atoms with Gasteiger partial charge in [-0.15, -0.1) is 0 Å². The maximum absolute atomic E-state index is 9.98. The zero-order chi connectivity index (χ0) is 14.7. The van der Waals surface area contributed by atoms with E-state index in [-0.39, 0.29) is 6.61 Å². The number of benzene rings is 1. The smallest absolute Gasteiger partial charge is 0.229 e. The summed E-state index contributed by atoms with van der Waals surface area (Å²) in [5.74, 6) is 0.433. The highest BCUT2D eigenvalue weighted by molar-refractivity contribution is 5.41. The summed E-state index contributed by atoms with van der Waals surface area (Å²) >= 11 is 0. The van der Waals surface area contributed by atoms with Crippen molar-refractivity contribution in [1.82, 2.24) is 0 Å². The summed E-state index contributed by atoms with van der Waals surface area (Å²) in [6, 6.07) is 6.52. The van der Waals surface area contributed by atoms with Crippen molar-refractivity contribution in [3.63, 3.8) is 0 Å². The Morgan fingerprint density at radius 2 is 1.85 bits per heavy atom. The number of aliphatic hydroxyl groups excluding tert-OH is 3. The fourth-order valence-electron chi connectivity index (χ4n) is 2.12. The van der Waals surface area contributed by atoms with Crippen LogP contribution in [0.4, 0.5) is 5.69 Å². The Kier molecular flexibility index (Phi) is 4.79. The molecule has 7 heteroatoms. The highest BCUT2D eigenvalue weighted by atomic mass is 16.7. The van der Waals surface area contributed by atoms with Crippen molar-refractivity contribution in [2.75, 3.05) is 19.5 Å². The van der Waals surface area contributed by atoms with Crippen molar-refractivity contribution < 1.29 is 29.5 Å². The predicted octanol–water partition coefficient (Wildman–Crippen LogP) is -0.898. The maximum atomic E-state index is 9.98. The molecule has 0 radical (unpaired) electrons. The summed E-state index contributed by atoms with van der Waals surface area (Å²) in [5.41, 5.74) is 6.14. The summed E-state index contributed by atoms with van der Waals surface area (Å²) in [4.78, 5) is 0. The third-order valence-electron chi connectivity index (χ3n) is 3.23. The Labute approximate surface area is 116 Å². The Hall–Kier alpha value is -1.38. The first-order valence-corrected chi connectivity index (χ1v) is 6.24. The monoisotopic (exact) mass is 285 g/mol. The topological polar surface area (TPSA) is 114 Å². The summed E-state index contributed by atoms with van der Waals surface area (Å²) in [6.07, 6.45) is -5.21. The molecule has 1 saturated heterocycles. The number of rotatable bonds is 4. The van der Waals surface area contributed by atoms with E-state index < -0.39 is 30.7 Å². The van der Waals surface area contributed by atoms with E-state index in [2.05, 4.69) is 0 Å². The lowest BCUT2D eigenvalue weighted by molar-refractivity contribution is -0.281. The average molecular weight is 285 g/mol. The molecule has 1 aliphatic rings. The quantitative estimate of drug-likeness (QED) is 0.530. The molecule has 0 saturated carbocycles. The van der Waals surface area contributed by atoms with E-state index in [0.29, 0.717) is 11.4 Å². The van der Waals surface area contributed by atoms with Gasteiger partial charge in [-0.1, -0.05) is 0 Å². The Balaban J connectivity index is 2.09. The summed E-state index contributed by atoms with van der Waals surface area (Å²) in [7, 11) is 1.37. The normalized spacial score (nSPS) is 33.9. The van der Waals surface area contributed by atoms with Gasteiger partial charge in [-0.2, -0.15) is 0 Å². The lowest BCUT2D eigenvalue weighted by Crippen LogP contribution is -2.60. The summed E-state index contributed by atoms with van der Waals surface area (Å²) < 4.78 is 15.9. The molecule has 0 aromatic heterocycles. The molecule has 1 aliphatic heterocycles. The highest BCUT2D eigenvalue weighted by Gasteiger charge is 2.45. The van der Waals surface area contributed by atoms with Gasteiger partial charge >= 0.3 is 0 Å². The van der Waals surface area contributed by atoms with E-state index in [4.69, 9.17) is 19.9 Å². The fourth-order valence-corrected chi connectivity index (χ4v) is 2.12. The lowest BCUT2D eigenvalue weighted by atomic mass is 9.99. The number of nitrogens with two attached hydrogens (primary N) is 1. The van der Waals surface area contributed by atoms with E-state index in [1.54, 1.807) is 24.3 Å². The van der Waals surface area contributed by atoms with Gasteiger partial charge in [0.15, 0.2) is 0 Å². The van der Waals surface area contributed by atoms with E-state index in [0.717, 1.165) is 0 Å². The molecule has 2 rings (SSSR count). The van der Waals surface area contributed by atoms with Gasteiger partial charge in [0.2, 0.25) is 6.29 Å². The van der Waals surface area contributed by atoms with E-state index in [1.165, 1.54) is 7.11 Å². The van der Waals surface area contributed by atoms with E-state index in [1.807, 2.05) is 0 Å². The fraction of sp³-hybridized carbons (Fsp3) is 0.538. The molecule has 20 heavy (non-hydrogen) atoms. The largest absolute Gasteiger partial charge is 0.462 e. The van der Waals surface area contributed by atoms with Crippen LogP contribution in [0.2, 0.25) is 0 Å². The van der Waals surface area contributed by atoms with Crippen LogP contribution in [-0.4, -0.2) is 59.7 Å². The molecule has 1 aromatic rings. The standard InChI is InChI=1S/C13H19NO6/c1-18-12-9(6-15)20-13(11(17)10(12)16)19-8-4-2-7(14)3-5-8/h2-5,9-13,15-17H,6,14H2,1H3/t9-,10-,11-,12+,13-/m1/s1. The van der Waals surface area contributed by atoms with Crippen LogP contribution in [0, 0.1) is 0 Å². The van der Waals surface area contributed by atoms with Crippen LogP contribution in [-0.2, 0) is 9.47 Å². The minimum Gasteiger partial charge on any atom is -0.462 e. The second kappa shape index (κ2) is 6.38. The first kappa shape index (κ1) is 15.0. The van der Waals surface area contributed by atoms with Crippen molar-refractivity contribution in [1.29, 1.82) is 0 Å². The average Bonchev–Trinajstić information content (AvgIpc) is 2.46. The van der Waals surface area contributed by atoms with Gasteiger partial charge in [0.25, 0.3) is 0 Å². The molecule has 0 spiro atoms. The molecule has 5 atom stereocenters. The Bertz CT molecular complexity index is 423.